The third-order valence-electron chi connectivity index (χ3n) is 4.47. The molecule has 1 aliphatic carbocycles. The van der Waals surface area contributed by atoms with Crippen molar-refractivity contribution in [1.29, 1.82) is 0 Å². The minimum absolute atomic E-state index is 0.228. The van der Waals surface area contributed by atoms with Gasteiger partial charge in [0, 0.05) is 48.7 Å². The van der Waals surface area contributed by atoms with Crippen molar-refractivity contribution >= 4 is 5.97 Å². The lowest BCUT2D eigenvalue weighted by Crippen LogP contribution is -2.36. The van der Waals surface area contributed by atoms with Crippen LogP contribution >= 0.6 is 0 Å². The predicted octanol–water partition coefficient (Wildman–Crippen LogP) is 1.65. The normalized spacial score (nSPS) is 17.2. The summed E-state index contributed by atoms with van der Waals surface area (Å²) in [6, 6.07) is 0.301. The smallest absolute Gasteiger partial charge is 0.356 e. The van der Waals surface area contributed by atoms with Crippen LogP contribution in [0.4, 0.5) is 0 Å². The molecule has 3 rings (SSSR count). The predicted molar refractivity (Wildman–Crippen MR) is 90.1 cm³/mol. The van der Waals surface area contributed by atoms with Crippen molar-refractivity contribution in [1.82, 2.24) is 25.1 Å². The largest absolute Gasteiger partial charge is 0.476 e. The molecular formula is C17H25N5O2. The maximum absolute atomic E-state index is 11.5. The molecule has 0 aromatic carbocycles. The number of nitrogens with one attached hydrogen (secondary N) is 2. The molecule has 0 spiro atoms. The molecular weight excluding hydrogens is 306 g/mol. The number of carboxylic acids is 1. The van der Waals surface area contributed by atoms with Gasteiger partial charge in [0.15, 0.2) is 5.69 Å². The van der Waals surface area contributed by atoms with Gasteiger partial charge in [-0.15, -0.1) is 0 Å². The fourth-order valence-electron chi connectivity index (χ4n) is 3.36. The second-order valence-corrected chi connectivity index (χ2v) is 6.88. The van der Waals surface area contributed by atoms with E-state index in [0.717, 1.165) is 55.7 Å². The Bertz CT molecular complexity index is 690. The number of aromatic amines is 1. The van der Waals surface area contributed by atoms with E-state index in [4.69, 9.17) is 0 Å². The van der Waals surface area contributed by atoms with E-state index in [1.807, 2.05) is 10.9 Å². The van der Waals surface area contributed by atoms with Gasteiger partial charge in [-0.05, 0) is 25.2 Å². The van der Waals surface area contributed by atoms with Crippen molar-refractivity contribution in [2.75, 3.05) is 6.54 Å². The first-order valence-corrected chi connectivity index (χ1v) is 8.57. The molecule has 7 heteroatoms. The maximum Gasteiger partial charge on any atom is 0.356 e. The molecule has 130 valence electrons. The highest BCUT2D eigenvalue weighted by Gasteiger charge is 2.28. The van der Waals surface area contributed by atoms with Crippen LogP contribution in [0.3, 0.4) is 0 Å². The van der Waals surface area contributed by atoms with Gasteiger partial charge in [0.05, 0.1) is 6.33 Å². The van der Waals surface area contributed by atoms with E-state index in [2.05, 4.69) is 34.2 Å². The van der Waals surface area contributed by atoms with Gasteiger partial charge in [-0.3, -0.25) is 4.68 Å². The third-order valence-corrected chi connectivity index (χ3v) is 4.47. The monoisotopic (exact) mass is 331 g/mol. The first-order valence-electron chi connectivity index (χ1n) is 8.57. The number of H-pyrrole nitrogens is 1. The van der Waals surface area contributed by atoms with E-state index >= 15 is 0 Å². The quantitative estimate of drug-likeness (QED) is 0.717. The van der Waals surface area contributed by atoms with Crippen LogP contribution in [-0.2, 0) is 25.8 Å². The minimum atomic E-state index is -0.924. The summed E-state index contributed by atoms with van der Waals surface area (Å²) in [4.78, 5) is 18.6. The molecule has 0 unspecified atom stereocenters. The Balaban J connectivity index is 1.67. The molecule has 0 saturated carbocycles. The zero-order valence-corrected chi connectivity index (χ0v) is 14.2. The molecule has 0 bridgehead atoms. The summed E-state index contributed by atoms with van der Waals surface area (Å²) in [6.07, 6.45) is 7.03. The average molecular weight is 331 g/mol. The van der Waals surface area contributed by atoms with Crippen molar-refractivity contribution < 1.29 is 9.90 Å². The second-order valence-electron chi connectivity index (χ2n) is 6.88. The standard InChI is InChI=1S/C17H25N5O2/c1-11(2)9-22-15-4-3-12(7-14(15)16(21-22)17(23)24)19-6-5-13-8-18-10-20-13/h8,10-12,19H,3-7,9H2,1-2H3,(H,18,20)(H,23,24)/t12-/m1/s1. The van der Waals surface area contributed by atoms with Gasteiger partial charge in [-0.2, -0.15) is 5.10 Å². The molecule has 1 atom stereocenters. The van der Waals surface area contributed by atoms with E-state index in [-0.39, 0.29) is 5.69 Å². The molecule has 0 radical (unpaired) electrons. The molecule has 2 heterocycles. The van der Waals surface area contributed by atoms with Crippen molar-refractivity contribution in [2.45, 2.75) is 52.1 Å². The summed E-state index contributed by atoms with van der Waals surface area (Å²) in [7, 11) is 0. The lowest BCUT2D eigenvalue weighted by molar-refractivity contribution is 0.0688. The molecule has 2 aromatic heterocycles. The summed E-state index contributed by atoms with van der Waals surface area (Å²) in [5.74, 6) is -0.479. The number of rotatable bonds is 7. The van der Waals surface area contributed by atoms with Crippen molar-refractivity contribution in [3.63, 3.8) is 0 Å². The van der Waals surface area contributed by atoms with Gasteiger partial charge in [0.1, 0.15) is 0 Å². The van der Waals surface area contributed by atoms with Gasteiger partial charge in [0.25, 0.3) is 0 Å². The van der Waals surface area contributed by atoms with E-state index in [9.17, 15) is 9.90 Å². The molecule has 24 heavy (non-hydrogen) atoms. The Morgan fingerprint density at radius 3 is 3.04 bits per heavy atom. The summed E-state index contributed by atoms with van der Waals surface area (Å²) in [5, 5.41) is 17.4. The summed E-state index contributed by atoms with van der Waals surface area (Å²) >= 11 is 0. The number of carbonyl (C=O) groups is 1. The zero-order valence-electron chi connectivity index (χ0n) is 14.2. The van der Waals surface area contributed by atoms with Crippen LogP contribution in [0, 0.1) is 5.92 Å². The molecule has 1 aliphatic rings. The summed E-state index contributed by atoms with van der Waals surface area (Å²) in [6.45, 7) is 5.87. The topological polar surface area (TPSA) is 95.8 Å². The van der Waals surface area contributed by atoms with Gasteiger partial charge < -0.3 is 15.4 Å². The Morgan fingerprint density at radius 1 is 1.54 bits per heavy atom. The number of nitrogens with zero attached hydrogens (tertiary/aromatic N) is 3. The SMILES string of the molecule is CC(C)Cn1nc(C(=O)O)c2c1CC[C@@H](NCCc1cnc[nH]1)C2. The lowest BCUT2D eigenvalue weighted by atomic mass is 9.91. The molecule has 0 fully saturated rings. The molecule has 0 saturated heterocycles. The maximum atomic E-state index is 11.5. The number of imidazole rings is 1. The van der Waals surface area contributed by atoms with Gasteiger partial charge in [-0.25, -0.2) is 9.78 Å². The first-order chi connectivity index (χ1) is 11.5. The second kappa shape index (κ2) is 7.17. The summed E-state index contributed by atoms with van der Waals surface area (Å²) < 4.78 is 1.91. The van der Waals surface area contributed by atoms with E-state index in [1.165, 1.54) is 0 Å². The number of hydrogen-bond acceptors (Lipinski definition) is 4. The van der Waals surface area contributed by atoms with E-state index in [0.29, 0.717) is 12.0 Å². The van der Waals surface area contributed by atoms with Crippen LogP contribution in [0.1, 0.15) is 47.7 Å². The zero-order chi connectivity index (χ0) is 17.1. The number of hydrogen-bond donors (Lipinski definition) is 3. The van der Waals surface area contributed by atoms with Crippen LogP contribution in [-0.4, -0.2) is 43.4 Å². The number of aromatic nitrogens is 4. The molecule has 7 nitrogen and oxygen atoms in total. The lowest BCUT2D eigenvalue weighted by Gasteiger charge is -2.24. The van der Waals surface area contributed by atoms with Gasteiger partial charge in [-0.1, -0.05) is 13.8 Å². The third kappa shape index (κ3) is 3.67. The van der Waals surface area contributed by atoms with Gasteiger partial charge in [0.2, 0.25) is 0 Å². The number of carboxylic acid groups (broad SMARTS) is 1. The molecule has 0 amide bonds. The Morgan fingerprint density at radius 2 is 2.38 bits per heavy atom. The fraction of sp³-hybridized carbons (Fsp3) is 0.588. The average Bonchev–Trinajstić information content (AvgIpc) is 3.15. The minimum Gasteiger partial charge on any atom is -0.476 e. The van der Waals surface area contributed by atoms with E-state index < -0.39 is 5.97 Å². The first kappa shape index (κ1) is 16.7. The molecule has 3 N–H and O–H groups in total. The van der Waals surface area contributed by atoms with Crippen LogP contribution in [0.5, 0.6) is 0 Å². The van der Waals surface area contributed by atoms with Crippen molar-refractivity contribution in [2.24, 2.45) is 5.92 Å². The number of fused-ring (bicyclic) bond motifs is 1. The highest BCUT2D eigenvalue weighted by atomic mass is 16.4. The van der Waals surface area contributed by atoms with Crippen molar-refractivity contribution in [3.8, 4) is 0 Å². The van der Waals surface area contributed by atoms with Crippen LogP contribution < -0.4 is 5.32 Å². The molecule has 0 aliphatic heterocycles. The highest BCUT2D eigenvalue weighted by Crippen LogP contribution is 2.25. The van der Waals surface area contributed by atoms with E-state index in [1.54, 1.807) is 6.33 Å². The number of aromatic carboxylic acids is 1. The van der Waals surface area contributed by atoms with Crippen LogP contribution in [0.25, 0.3) is 0 Å². The summed E-state index contributed by atoms with van der Waals surface area (Å²) in [5.41, 5.74) is 3.35. The van der Waals surface area contributed by atoms with Crippen LogP contribution in [0.2, 0.25) is 0 Å². The Labute approximate surface area is 141 Å². The fourth-order valence-corrected chi connectivity index (χ4v) is 3.36. The Hall–Kier alpha value is -2.15. The molecule has 2 aromatic rings. The van der Waals surface area contributed by atoms with Crippen LogP contribution in [0.15, 0.2) is 12.5 Å². The highest BCUT2D eigenvalue weighted by molar-refractivity contribution is 5.87. The van der Waals surface area contributed by atoms with Crippen molar-refractivity contribution in [3.05, 3.63) is 35.2 Å². The Kier molecular flexibility index (Phi) is 4.99. The van der Waals surface area contributed by atoms with Gasteiger partial charge >= 0.3 is 5.97 Å².